The number of amides is 1. The molecule has 1 aliphatic carbocycles. The number of aromatic hydroxyl groups is 1. The van der Waals surface area contributed by atoms with E-state index in [9.17, 15) is 9.90 Å². The zero-order chi connectivity index (χ0) is 17.9. The van der Waals surface area contributed by atoms with Crippen molar-refractivity contribution in [1.82, 2.24) is 20.9 Å². The maximum Gasteiger partial charge on any atom is 0.249 e. The third-order valence-corrected chi connectivity index (χ3v) is 5.12. The Labute approximate surface area is 153 Å². The second kappa shape index (κ2) is 7.29. The monoisotopic (exact) mass is 355 g/mol. The van der Waals surface area contributed by atoms with Gasteiger partial charge < -0.3 is 26.0 Å². The van der Waals surface area contributed by atoms with Crippen LogP contribution in [0.1, 0.15) is 32.1 Å². The van der Waals surface area contributed by atoms with Gasteiger partial charge in [-0.05, 0) is 37.1 Å². The van der Waals surface area contributed by atoms with Gasteiger partial charge in [-0.1, -0.05) is 19.3 Å². The van der Waals surface area contributed by atoms with Gasteiger partial charge in [-0.2, -0.15) is 0 Å². The van der Waals surface area contributed by atoms with E-state index in [-0.39, 0.29) is 17.9 Å². The first-order valence-corrected chi connectivity index (χ1v) is 9.25. The Balaban J connectivity index is 1.54. The van der Waals surface area contributed by atoms with Crippen molar-refractivity contribution in [2.45, 2.75) is 44.4 Å². The summed E-state index contributed by atoms with van der Waals surface area (Å²) in [4.78, 5) is 14.2. The number of hydrogen-bond donors (Lipinski definition) is 5. The number of benzene rings is 1. The predicted octanol–water partition coefficient (Wildman–Crippen LogP) is 1.73. The number of nitrogens with one attached hydrogen (secondary N) is 4. The minimum atomic E-state index is -0.173. The molecule has 138 valence electrons. The lowest BCUT2D eigenvalue weighted by Crippen LogP contribution is -2.57. The molecule has 7 heteroatoms. The molecule has 2 heterocycles. The summed E-state index contributed by atoms with van der Waals surface area (Å²) in [6.45, 7) is 0.564. The molecule has 5 N–H and O–H groups in total. The van der Waals surface area contributed by atoms with Crippen LogP contribution in [0.2, 0.25) is 0 Å². The zero-order valence-corrected chi connectivity index (χ0v) is 14.7. The molecule has 4 rings (SSSR count). The van der Waals surface area contributed by atoms with Crippen LogP contribution in [0.4, 0.5) is 5.69 Å². The Morgan fingerprint density at radius 2 is 1.88 bits per heavy atom. The molecule has 0 spiro atoms. The quantitative estimate of drug-likeness (QED) is 0.531. The smallest absolute Gasteiger partial charge is 0.249 e. The fourth-order valence-electron chi connectivity index (χ4n) is 3.78. The van der Waals surface area contributed by atoms with Crippen molar-refractivity contribution in [3.8, 4) is 5.75 Å². The van der Waals surface area contributed by atoms with Crippen molar-refractivity contribution in [3.63, 3.8) is 0 Å². The predicted molar refractivity (Wildman–Crippen MR) is 99.7 cm³/mol. The van der Waals surface area contributed by atoms with Gasteiger partial charge in [-0.25, -0.2) is 0 Å². The van der Waals surface area contributed by atoms with Crippen molar-refractivity contribution in [1.29, 1.82) is 0 Å². The summed E-state index contributed by atoms with van der Waals surface area (Å²) in [6.07, 6.45) is 9.37. The Morgan fingerprint density at radius 3 is 2.65 bits per heavy atom. The van der Waals surface area contributed by atoms with Gasteiger partial charge in [-0.15, -0.1) is 0 Å². The Bertz CT molecular complexity index is 722. The van der Waals surface area contributed by atoms with Crippen LogP contribution in [-0.4, -0.2) is 34.8 Å². The highest BCUT2D eigenvalue weighted by atomic mass is 16.3. The van der Waals surface area contributed by atoms with Crippen LogP contribution < -0.4 is 21.3 Å². The average molecular weight is 355 g/mol. The Hall–Kier alpha value is -2.67. The molecular formula is C19H25N5O2. The van der Waals surface area contributed by atoms with E-state index in [1.165, 1.54) is 19.3 Å². The van der Waals surface area contributed by atoms with E-state index in [1.807, 2.05) is 18.3 Å². The van der Waals surface area contributed by atoms with E-state index < -0.39 is 0 Å². The lowest BCUT2D eigenvalue weighted by atomic mass is 9.94. The van der Waals surface area contributed by atoms with Crippen LogP contribution in [0.15, 0.2) is 48.1 Å². The number of hydrogen-bond acceptors (Lipinski definition) is 6. The van der Waals surface area contributed by atoms with Gasteiger partial charge in [0.05, 0.1) is 5.70 Å². The molecule has 1 saturated carbocycles. The van der Waals surface area contributed by atoms with Crippen LogP contribution in [0, 0.1) is 0 Å². The molecule has 3 aliphatic rings. The summed E-state index contributed by atoms with van der Waals surface area (Å²) in [5.41, 5.74) is 1.77. The van der Waals surface area contributed by atoms with E-state index in [2.05, 4.69) is 26.2 Å². The van der Waals surface area contributed by atoms with Gasteiger partial charge in [0.1, 0.15) is 11.6 Å². The van der Waals surface area contributed by atoms with Gasteiger partial charge in [0, 0.05) is 30.5 Å². The van der Waals surface area contributed by atoms with Crippen molar-refractivity contribution in [2.24, 2.45) is 0 Å². The molecule has 0 radical (unpaired) electrons. The maximum atomic E-state index is 12.0. The average Bonchev–Trinajstić information content (AvgIpc) is 2.82. The highest BCUT2D eigenvalue weighted by molar-refractivity contribution is 5.89. The fraction of sp³-hybridized carbons (Fsp3) is 0.421. The fourth-order valence-corrected chi connectivity index (χ4v) is 3.78. The van der Waals surface area contributed by atoms with Crippen LogP contribution in [0.5, 0.6) is 5.75 Å². The molecular weight excluding hydrogens is 330 g/mol. The van der Waals surface area contributed by atoms with Gasteiger partial charge in [0.25, 0.3) is 0 Å². The SMILES string of the molecule is O=C1C=CN(C2CCCCC2)C2=C(CNC(Nc3ccc(O)cc3)N2)N1. The van der Waals surface area contributed by atoms with Gasteiger partial charge in [-0.3, -0.25) is 10.1 Å². The number of carbonyl (C=O) groups excluding carboxylic acids is 1. The van der Waals surface area contributed by atoms with E-state index in [4.69, 9.17) is 0 Å². The van der Waals surface area contributed by atoms with E-state index in [1.54, 1.807) is 18.2 Å². The number of phenolic OH excluding ortho intramolecular Hbond substituents is 1. The summed E-state index contributed by atoms with van der Waals surface area (Å²) < 4.78 is 0. The first-order chi connectivity index (χ1) is 12.7. The van der Waals surface area contributed by atoms with E-state index in [0.717, 1.165) is 30.0 Å². The summed E-state index contributed by atoms with van der Waals surface area (Å²) in [5.74, 6) is 1.10. The normalized spacial score (nSPS) is 23.8. The molecule has 2 aliphatic heterocycles. The number of phenols is 1. The minimum Gasteiger partial charge on any atom is -0.508 e. The summed E-state index contributed by atoms with van der Waals surface area (Å²) in [5, 5.41) is 22.6. The van der Waals surface area contributed by atoms with Crippen molar-refractivity contribution in [3.05, 3.63) is 48.1 Å². The second-order valence-corrected chi connectivity index (χ2v) is 6.98. The largest absolute Gasteiger partial charge is 0.508 e. The van der Waals surface area contributed by atoms with Gasteiger partial charge in [0.2, 0.25) is 5.91 Å². The highest BCUT2D eigenvalue weighted by Gasteiger charge is 2.30. The highest BCUT2D eigenvalue weighted by Crippen LogP contribution is 2.27. The van der Waals surface area contributed by atoms with E-state index in [0.29, 0.717) is 12.6 Å². The van der Waals surface area contributed by atoms with Gasteiger partial charge >= 0.3 is 0 Å². The molecule has 1 amide bonds. The molecule has 0 aromatic heterocycles. The zero-order valence-electron chi connectivity index (χ0n) is 14.7. The van der Waals surface area contributed by atoms with Crippen LogP contribution in [-0.2, 0) is 4.79 Å². The molecule has 26 heavy (non-hydrogen) atoms. The summed E-state index contributed by atoms with van der Waals surface area (Å²) in [6, 6.07) is 7.38. The maximum absolute atomic E-state index is 12.0. The van der Waals surface area contributed by atoms with Crippen molar-refractivity contribution in [2.75, 3.05) is 11.9 Å². The van der Waals surface area contributed by atoms with E-state index >= 15 is 0 Å². The molecule has 1 fully saturated rings. The lowest BCUT2D eigenvalue weighted by molar-refractivity contribution is -0.115. The molecule has 1 aromatic rings. The standard InChI is InChI=1S/C19H25N5O2/c25-15-8-6-13(7-9-15)21-19-20-12-16-18(23-19)24(11-10-17(26)22-16)14-4-2-1-3-5-14/h6-11,14,19-21,23,25H,1-5,12H2,(H,22,26). The molecule has 7 nitrogen and oxygen atoms in total. The van der Waals surface area contributed by atoms with Gasteiger partial charge in [0.15, 0.2) is 6.29 Å². The number of rotatable bonds is 3. The third-order valence-electron chi connectivity index (χ3n) is 5.12. The molecule has 0 saturated heterocycles. The summed E-state index contributed by atoms with van der Waals surface area (Å²) in [7, 11) is 0. The van der Waals surface area contributed by atoms with Crippen LogP contribution >= 0.6 is 0 Å². The Morgan fingerprint density at radius 1 is 1.12 bits per heavy atom. The first kappa shape index (κ1) is 16.8. The third kappa shape index (κ3) is 3.62. The molecule has 1 unspecified atom stereocenters. The molecule has 0 bridgehead atoms. The van der Waals surface area contributed by atoms with Crippen LogP contribution in [0.3, 0.4) is 0 Å². The Kier molecular flexibility index (Phi) is 4.71. The van der Waals surface area contributed by atoms with Crippen molar-refractivity contribution < 1.29 is 9.90 Å². The number of anilines is 1. The summed E-state index contributed by atoms with van der Waals surface area (Å²) >= 11 is 0. The lowest BCUT2D eigenvalue weighted by Gasteiger charge is -2.40. The topological polar surface area (TPSA) is 88.7 Å². The molecule has 1 atom stereocenters. The van der Waals surface area contributed by atoms with Crippen molar-refractivity contribution >= 4 is 11.6 Å². The van der Waals surface area contributed by atoms with Crippen LogP contribution in [0.25, 0.3) is 0 Å². The minimum absolute atomic E-state index is 0.0932. The number of nitrogens with zero attached hydrogens (tertiary/aromatic N) is 1. The first-order valence-electron chi connectivity index (χ1n) is 9.25. The molecule has 1 aromatic carbocycles. The second-order valence-electron chi connectivity index (χ2n) is 6.98. The number of carbonyl (C=O) groups is 1.